The third-order valence-corrected chi connectivity index (χ3v) is 9.23. The first-order valence-corrected chi connectivity index (χ1v) is 16.5. The van der Waals surface area contributed by atoms with Gasteiger partial charge >= 0.3 is 0 Å². The molecular weight excluding hydrogens is 596 g/mol. The zero-order valence-corrected chi connectivity index (χ0v) is 26.3. The number of fused-ring (bicyclic) bond motifs is 6. The summed E-state index contributed by atoms with van der Waals surface area (Å²) in [5.41, 5.74) is 5.46. The number of hydrogen-bond acceptors (Lipinski definition) is 0. The van der Waals surface area contributed by atoms with Crippen LogP contribution in [0.15, 0.2) is 57.5 Å². The van der Waals surface area contributed by atoms with Gasteiger partial charge in [0.1, 0.15) is 0 Å². The van der Waals surface area contributed by atoms with Crippen molar-refractivity contribution in [3.05, 3.63) is 57.5 Å². The van der Waals surface area contributed by atoms with Crippen molar-refractivity contribution in [1.29, 1.82) is 0 Å². The van der Waals surface area contributed by atoms with E-state index in [9.17, 15) is 0 Å². The van der Waals surface area contributed by atoms with Gasteiger partial charge in [0.05, 0.1) is 0 Å². The number of aryl methyl sites for hydroxylation is 2. The Morgan fingerprint density at radius 1 is 0.447 bits per heavy atom. The summed E-state index contributed by atoms with van der Waals surface area (Å²) in [5.74, 6) is 0. The lowest BCUT2D eigenvalue weighted by atomic mass is 10.1. The maximum atomic E-state index is 3.76. The summed E-state index contributed by atoms with van der Waals surface area (Å²) in [4.78, 5) is 0. The molecule has 0 spiro atoms. The predicted octanol–water partition coefficient (Wildman–Crippen LogP) is 12.1. The minimum Gasteiger partial charge on any atom is -0.340 e. The SMILES string of the molecule is CCCCCCCCn1c2ccc(Br)cc2c2cc3c(cc21)c1cc(Br)ccc1n3CCCCCCCC. The quantitative estimate of drug-likeness (QED) is 0.107. The molecule has 0 bridgehead atoms. The summed E-state index contributed by atoms with van der Waals surface area (Å²) in [6.07, 6.45) is 15.9. The second kappa shape index (κ2) is 13.0. The van der Waals surface area contributed by atoms with Crippen LogP contribution in [0.4, 0.5) is 0 Å². The zero-order valence-electron chi connectivity index (χ0n) is 23.2. The molecule has 38 heavy (non-hydrogen) atoms. The first kappa shape index (κ1) is 27.8. The predicted molar refractivity (Wildman–Crippen MR) is 175 cm³/mol. The van der Waals surface area contributed by atoms with Crippen LogP contribution in [0.3, 0.4) is 0 Å². The highest BCUT2D eigenvalue weighted by atomic mass is 79.9. The van der Waals surface area contributed by atoms with Crippen molar-refractivity contribution < 1.29 is 0 Å². The van der Waals surface area contributed by atoms with Crippen LogP contribution in [0.2, 0.25) is 0 Å². The number of nitrogens with zero attached hydrogens (tertiary/aromatic N) is 2. The van der Waals surface area contributed by atoms with Crippen LogP contribution in [0.25, 0.3) is 43.6 Å². The topological polar surface area (TPSA) is 9.86 Å². The fraction of sp³-hybridized carbons (Fsp3) is 0.471. The van der Waals surface area contributed by atoms with Crippen LogP contribution in [0.1, 0.15) is 90.9 Å². The van der Waals surface area contributed by atoms with Crippen molar-refractivity contribution in [2.24, 2.45) is 0 Å². The molecule has 0 aliphatic carbocycles. The summed E-state index contributed by atoms with van der Waals surface area (Å²) in [6, 6.07) is 18.6. The molecule has 2 nitrogen and oxygen atoms in total. The molecule has 0 atom stereocenters. The second-order valence-electron chi connectivity index (χ2n) is 11.0. The average molecular weight is 639 g/mol. The lowest BCUT2D eigenvalue weighted by Crippen LogP contribution is -1.99. The summed E-state index contributed by atoms with van der Waals surface area (Å²) < 4.78 is 7.48. The van der Waals surface area contributed by atoms with Crippen LogP contribution in [-0.2, 0) is 13.1 Å². The molecule has 0 aliphatic rings. The van der Waals surface area contributed by atoms with Crippen LogP contribution in [-0.4, -0.2) is 9.13 Å². The molecule has 0 radical (unpaired) electrons. The molecule has 5 rings (SSSR count). The number of aromatic nitrogens is 2. The number of halogens is 2. The fourth-order valence-corrected chi connectivity index (χ4v) is 6.94. The summed E-state index contributed by atoms with van der Waals surface area (Å²) in [7, 11) is 0. The lowest BCUT2D eigenvalue weighted by Gasteiger charge is -2.09. The fourth-order valence-electron chi connectivity index (χ4n) is 6.22. The maximum Gasteiger partial charge on any atom is 0.0499 e. The molecule has 0 N–H and O–H groups in total. The average Bonchev–Trinajstić information content (AvgIpc) is 3.38. The first-order chi connectivity index (χ1) is 18.6. The molecule has 5 aromatic rings. The van der Waals surface area contributed by atoms with E-state index in [0.29, 0.717) is 0 Å². The van der Waals surface area contributed by atoms with E-state index in [0.717, 1.165) is 22.0 Å². The summed E-state index contributed by atoms with van der Waals surface area (Å²) in [6.45, 7) is 6.75. The Kier molecular flexibility index (Phi) is 9.54. The van der Waals surface area contributed by atoms with Crippen molar-refractivity contribution in [2.45, 2.75) is 104 Å². The second-order valence-corrected chi connectivity index (χ2v) is 12.9. The zero-order chi connectivity index (χ0) is 26.5. The van der Waals surface area contributed by atoms with Crippen LogP contribution < -0.4 is 0 Å². The third kappa shape index (κ3) is 5.87. The number of benzene rings is 3. The van der Waals surface area contributed by atoms with Crippen molar-refractivity contribution in [3.8, 4) is 0 Å². The Bertz CT molecular complexity index is 1410. The maximum absolute atomic E-state index is 3.76. The van der Waals surface area contributed by atoms with E-state index in [2.05, 4.69) is 103 Å². The van der Waals surface area contributed by atoms with Gasteiger partial charge in [-0.3, -0.25) is 0 Å². The van der Waals surface area contributed by atoms with Gasteiger partial charge in [0, 0.05) is 65.6 Å². The molecule has 0 unspecified atom stereocenters. The Hall–Kier alpha value is -1.78. The van der Waals surface area contributed by atoms with E-state index in [1.54, 1.807) is 0 Å². The Morgan fingerprint density at radius 2 is 0.816 bits per heavy atom. The molecule has 202 valence electrons. The van der Waals surface area contributed by atoms with E-state index >= 15 is 0 Å². The van der Waals surface area contributed by atoms with E-state index in [1.807, 2.05) is 0 Å². The highest BCUT2D eigenvalue weighted by Gasteiger charge is 2.17. The molecule has 0 saturated heterocycles. The highest BCUT2D eigenvalue weighted by molar-refractivity contribution is 9.10. The van der Waals surface area contributed by atoms with Gasteiger partial charge in [-0.2, -0.15) is 0 Å². The number of rotatable bonds is 14. The van der Waals surface area contributed by atoms with Gasteiger partial charge in [0.2, 0.25) is 0 Å². The largest absolute Gasteiger partial charge is 0.340 e. The molecule has 3 aromatic carbocycles. The smallest absolute Gasteiger partial charge is 0.0499 e. The van der Waals surface area contributed by atoms with Crippen molar-refractivity contribution in [3.63, 3.8) is 0 Å². The Labute approximate surface area is 245 Å². The van der Waals surface area contributed by atoms with Gasteiger partial charge in [-0.05, 0) is 61.4 Å². The Balaban J connectivity index is 1.57. The van der Waals surface area contributed by atoms with E-state index < -0.39 is 0 Å². The lowest BCUT2D eigenvalue weighted by molar-refractivity contribution is 0.570. The van der Waals surface area contributed by atoms with E-state index in [1.165, 1.54) is 121 Å². The standard InChI is InChI=1S/C34H42Br2N2/c1-3-5-7-9-11-13-19-37-31-17-15-25(35)21-27(31)29-24-34-30(23-33(29)37)28-22-26(36)16-18-32(28)38(34)20-14-12-10-8-6-4-2/h15-18,21-24H,3-14,19-20H2,1-2H3. The van der Waals surface area contributed by atoms with Gasteiger partial charge in [-0.15, -0.1) is 0 Å². The molecule has 4 heteroatoms. The van der Waals surface area contributed by atoms with Crippen molar-refractivity contribution >= 4 is 75.5 Å². The normalized spacial score (nSPS) is 12.1. The van der Waals surface area contributed by atoms with Crippen LogP contribution >= 0.6 is 31.9 Å². The van der Waals surface area contributed by atoms with Crippen molar-refractivity contribution in [1.82, 2.24) is 9.13 Å². The van der Waals surface area contributed by atoms with E-state index in [-0.39, 0.29) is 0 Å². The minimum absolute atomic E-state index is 1.08. The van der Waals surface area contributed by atoms with Gasteiger partial charge in [-0.1, -0.05) is 110 Å². The molecule has 0 fully saturated rings. The molecule has 2 heterocycles. The molecule has 0 amide bonds. The molecular formula is C34H42Br2N2. The summed E-state index contributed by atoms with van der Waals surface area (Å²) in [5, 5.41) is 5.48. The number of unbranched alkanes of at least 4 members (excludes halogenated alkanes) is 10. The molecule has 0 aliphatic heterocycles. The minimum atomic E-state index is 1.08. The van der Waals surface area contributed by atoms with Crippen molar-refractivity contribution in [2.75, 3.05) is 0 Å². The monoisotopic (exact) mass is 636 g/mol. The molecule has 0 saturated carbocycles. The first-order valence-electron chi connectivity index (χ1n) is 14.9. The third-order valence-electron chi connectivity index (χ3n) is 8.25. The van der Waals surface area contributed by atoms with Crippen LogP contribution in [0.5, 0.6) is 0 Å². The van der Waals surface area contributed by atoms with Crippen LogP contribution in [0, 0.1) is 0 Å². The number of hydrogen-bond donors (Lipinski definition) is 0. The Morgan fingerprint density at radius 3 is 1.24 bits per heavy atom. The summed E-state index contributed by atoms with van der Waals surface area (Å²) >= 11 is 7.51. The molecule has 2 aromatic heterocycles. The van der Waals surface area contributed by atoms with E-state index in [4.69, 9.17) is 0 Å². The van der Waals surface area contributed by atoms with Gasteiger partial charge in [0.15, 0.2) is 0 Å². The van der Waals surface area contributed by atoms with Gasteiger partial charge < -0.3 is 9.13 Å². The highest BCUT2D eigenvalue weighted by Crippen LogP contribution is 2.39. The van der Waals surface area contributed by atoms with Gasteiger partial charge in [-0.25, -0.2) is 0 Å². The van der Waals surface area contributed by atoms with Gasteiger partial charge in [0.25, 0.3) is 0 Å².